The first-order chi connectivity index (χ1) is 15.1. The Kier molecular flexibility index (Phi) is 5.84. The molecule has 0 fully saturated rings. The van der Waals surface area contributed by atoms with E-state index >= 15 is 0 Å². The molecular formula is C24H18FN3O3. The molecule has 154 valence electrons. The van der Waals surface area contributed by atoms with E-state index in [4.69, 9.17) is 4.74 Å². The number of nitrogens with one attached hydrogen (secondary N) is 1. The zero-order chi connectivity index (χ0) is 21.6. The van der Waals surface area contributed by atoms with Gasteiger partial charge in [-0.15, -0.1) is 0 Å². The lowest BCUT2D eigenvalue weighted by molar-refractivity contribution is -0.384. The van der Waals surface area contributed by atoms with Crippen molar-refractivity contribution in [1.29, 1.82) is 0 Å². The molecule has 0 saturated carbocycles. The highest BCUT2D eigenvalue weighted by molar-refractivity contribution is 6.02. The predicted octanol–water partition coefficient (Wildman–Crippen LogP) is 5.91. The molecule has 0 amide bonds. The maximum Gasteiger partial charge on any atom is 0.269 e. The Balaban J connectivity index is 1.58. The van der Waals surface area contributed by atoms with Crippen molar-refractivity contribution in [3.8, 4) is 5.75 Å². The fourth-order valence-corrected chi connectivity index (χ4v) is 3.11. The molecule has 4 rings (SSSR count). The monoisotopic (exact) mass is 415 g/mol. The summed E-state index contributed by atoms with van der Waals surface area (Å²) in [5.74, 6) is 0.344. The zero-order valence-electron chi connectivity index (χ0n) is 16.4. The van der Waals surface area contributed by atoms with Crippen LogP contribution in [0.4, 0.5) is 15.8 Å². The summed E-state index contributed by atoms with van der Waals surface area (Å²) in [4.78, 5) is 10.3. The lowest BCUT2D eigenvalue weighted by atomic mass is 10.0. The van der Waals surface area contributed by atoms with Crippen molar-refractivity contribution in [2.24, 2.45) is 5.10 Å². The van der Waals surface area contributed by atoms with E-state index in [1.54, 1.807) is 30.5 Å². The van der Waals surface area contributed by atoms with Gasteiger partial charge in [0.25, 0.3) is 5.69 Å². The van der Waals surface area contributed by atoms with E-state index in [1.807, 2.05) is 36.4 Å². The number of nitrogens with zero attached hydrogens (tertiary/aromatic N) is 2. The summed E-state index contributed by atoms with van der Waals surface area (Å²) >= 11 is 0. The fraction of sp³-hybridized carbons (Fsp3) is 0.0417. The first kappa shape index (κ1) is 20.0. The number of benzene rings is 4. The molecule has 6 nitrogen and oxygen atoms in total. The van der Waals surface area contributed by atoms with E-state index in [0.29, 0.717) is 11.4 Å². The van der Waals surface area contributed by atoms with Crippen molar-refractivity contribution >= 4 is 28.4 Å². The van der Waals surface area contributed by atoms with Gasteiger partial charge in [0.1, 0.15) is 18.2 Å². The van der Waals surface area contributed by atoms with E-state index in [0.717, 1.165) is 21.9 Å². The SMILES string of the molecule is O=[N+]([O-])c1ccc(NN=Cc2c(OCc3ccc(F)cc3)ccc3ccccc23)cc1. The van der Waals surface area contributed by atoms with E-state index in [9.17, 15) is 14.5 Å². The van der Waals surface area contributed by atoms with Crippen LogP contribution in [0, 0.1) is 15.9 Å². The van der Waals surface area contributed by atoms with Crippen molar-refractivity contribution < 1.29 is 14.1 Å². The van der Waals surface area contributed by atoms with Gasteiger partial charge in [0, 0.05) is 17.7 Å². The molecule has 0 atom stereocenters. The Bertz CT molecular complexity index is 1240. The molecule has 4 aromatic carbocycles. The molecule has 0 aromatic heterocycles. The van der Waals surface area contributed by atoms with Crippen LogP contribution in [-0.2, 0) is 6.61 Å². The topological polar surface area (TPSA) is 76.8 Å². The average molecular weight is 415 g/mol. The van der Waals surface area contributed by atoms with Crippen LogP contribution in [0.1, 0.15) is 11.1 Å². The first-order valence-corrected chi connectivity index (χ1v) is 9.53. The van der Waals surface area contributed by atoms with Gasteiger partial charge in [-0.25, -0.2) is 4.39 Å². The second-order valence-electron chi connectivity index (χ2n) is 6.79. The third-order valence-corrected chi connectivity index (χ3v) is 4.70. The number of nitro groups is 1. The first-order valence-electron chi connectivity index (χ1n) is 9.53. The molecular weight excluding hydrogens is 397 g/mol. The quantitative estimate of drug-likeness (QED) is 0.231. The minimum atomic E-state index is -0.451. The second-order valence-corrected chi connectivity index (χ2v) is 6.79. The van der Waals surface area contributed by atoms with Crippen molar-refractivity contribution in [3.63, 3.8) is 0 Å². The zero-order valence-corrected chi connectivity index (χ0v) is 16.4. The lowest BCUT2D eigenvalue weighted by Crippen LogP contribution is -2.00. The van der Waals surface area contributed by atoms with Gasteiger partial charge in [0.15, 0.2) is 0 Å². The van der Waals surface area contributed by atoms with Gasteiger partial charge in [-0.2, -0.15) is 5.10 Å². The third kappa shape index (κ3) is 4.84. The number of rotatable bonds is 7. The molecule has 7 heteroatoms. The van der Waals surface area contributed by atoms with Crippen LogP contribution in [0.3, 0.4) is 0 Å². The third-order valence-electron chi connectivity index (χ3n) is 4.70. The highest BCUT2D eigenvalue weighted by Gasteiger charge is 2.08. The average Bonchev–Trinajstić information content (AvgIpc) is 2.79. The lowest BCUT2D eigenvalue weighted by Gasteiger charge is -2.12. The Morgan fingerprint density at radius 2 is 1.71 bits per heavy atom. The van der Waals surface area contributed by atoms with E-state index in [2.05, 4.69) is 10.5 Å². The summed E-state index contributed by atoms with van der Waals surface area (Å²) < 4.78 is 19.1. The predicted molar refractivity (Wildman–Crippen MR) is 119 cm³/mol. The van der Waals surface area contributed by atoms with E-state index < -0.39 is 4.92 Å². The number of halogens is 1. The molecule has 0 unspecified atom stereocenters. The number of ether oxygens (including phenoxy) is 1. The second kappa shape index (κ2) is 9.04. The number of nitro benzene ring substituents is 1. The van der Waals surface area contributed by atoms with Crippen molar-refractivity contribution in [2.75, 3.05) is 5.43 Å². The summed E-state index contributed by atoms with van der Waals surface area (Å²) in [5.41, 5.74) is 5.15. The van der Waals surface area contributed by atoms with Gasteiger partial charge in [0.2, 0.25) is 0 Å². The number of hydrogen-bond donors (Lipinski definition) is 1. The Labute approximate surface area is 177 Å². The van der Waals surface area contributed by atoms with Crippen LogP contribution in [0.2, 0.25) is 0 Å². The Hall–Kier alpha value is -4.26. The number of fused-ring (bicyclic) bond motifs is 1. The minimum Gasteiger partial charge on any atom is -0.488 e. The Morgan fingerprint density at radius 3 is 2.45 bits per heavy atom. The van der Waals surface area contributed by atoms with Gasteiger partial charge in [-0.1, -0.05) is 42.5 Å². The molecule has 0 bridgehead atoms. The summed E-state index contributed by atoms with van der Waals surface area (Å²) in [7, 11) is 0. The standard InChI is InChI=1S/C24H18FN3O3/c25-19-8-5-17(6-9-19)16-31-24-14-7-18-3-1-2-4-22(18)23(24)15-26-27-20-10-12-21(13-11-20)28(29)30/h1-15,27H,16H2. The molecule has 4 aromatic rings. The summed E-state index contributed by atoms with van der Waals surface area (Å²) in [6, 6.07) is 23.9. The molecule has 0 saturated heterocycles. The number of non-ortho nitro benzene ring substituents is 1. The molecule has 1 N–H and O–H groups in total. The summed E-state index contributed by atoms with van der Waals surface area (Å²) in [5, 5.41) is 17.1. The molecule has 31 heavy (non-hydrogen) atoms. The minimum absolute atomic E-state index is 0.0139. The van der Waals surface area contributed by atoms with Crippen LogP contribution in [0.25, 0.3) is 10.8 Å². The van der Waals surface area contributed by atoms with Crippen LogP contribution in [0.15, 0.2) is 90.0 Å². The normalized spacial score (nSPS) is 11.0. The fourth-order valence-electron chi connectivity index (χ4n) is 3.11. The number of anilines is 1. The summed E-state index contributed by atoms with van der Waals surface area (Å²) in [6.07, 6.45) is 1.66. The van der Waals surface area contributed by atoms with Gasteiger partial charge in [-0.3, -0.25) is 15.5 Å². The van der Waals surface area contributed by atoms with Crippen LogP contribution in [0.5, 0.6) is 5.75 Å². The molecule has 0 aliphatic carbocycles. The highest BCUT2D eigenvalue weighted by Crippen LogP contribution is 2.27. The molecule has 0 heterocycles. The number of hydrazone groups is 1. The maximum atomic E-state index is 13.1. The summed E-state index contributed by atoms with van der Waals surface area (Å²) in [6.45, 7) is 0.287. The van der Waals surface area contributed by atoms with Gasteiger partial charge >= 0.3 is 0 Å². The van der Waals surface area contributed by atoms with Gasteiger partial charge < -0.3 is 4.74 Å². The van der Waals surface area contributed by atoms with E-state index in [1.165, 1.54) is 24.3 Å². The smallest absolute Gasteiger partial charge is 0.269 e. The van der Waals surface area contributed by atoms with Crippen LogP contribution in [-0.4, -0.2) is 11.1 Å². The van der Waals surface area contributed by atoms with Crippen LogP contribution < -0.4 is 10.2 Å². The largest absolute Gasteiger partial charge is 0.488 e. The van der Waals surface area contributed by atoms with Crippen LogP contribution >= 0.6 is 0 Å². The highest BCUT2D eigenvalue weighted by atomic mass is 19.1. The van der Waals surface area contributed by atoms with Gasteiger partial charge in [-0.05, 0) is 46.7 Å². The van der Waals surface area contributed by atoms with E-state index in [-0.39, 0.29) is 18.1 Å². The van der Waals surface area contributed by atoms with Gasteiger partial charge in [0.05, 0.1) is 16.8 Å². The number of hydrogen-bond acceptors (Lipinski definition) is 5. The molecule has 0 spiro atoms. The Morgan fingerprint density at radius 1 is 0.968 bits per heavy atom. The molecule has 0 aliphatic rings. The maximum absolute atomic E-state index is 13.1. The van der Waals surface area contributed by atoms with Crippen molar-refractivity contribution in [2.45, 2.75) is 6.61 Å². The van der Waals surface area contributed by atoms with Crippen molar-refractivity contribution in [3.05, 3.63) is 112 Å². The molecule has 0 radical (unpaired) electrons. The van der Waals surface area contributed by atoms with Crippen molar-refractivity contribution in [1.82, 2.24) is 0 Å². The molecule has 0 aliphatic heterocycles.